The van der Waals surface area contributed by atoms with Crippen LogP contribution in [0.4, 0.5) is 0 Å². The molecule has 0 saturated heterocycles. The van der Waals surface area contributed by atoms with Crippen molar-refractivity contribution in [2.75, 3.05) is 13.7 Å². The number of nitrogens with zero attached hydrogens (tertiary/aromatic N) is 1. The number of esters is 1. The molecular weight excluding hydrogens is 408 g/mol. The van der Waals surface area contributed by atoms with Crippen LogP contribution in [0, 0.1) is 0 Å². The molecule has 9 heteroatoms. The van der Waals surface area contributed by atoms with Crippen LogP contribution in [0.25, 0.3) is 11.3 Å². The Morgan fingerprint density at radius 2 is 1.77 bits per heavy atom. The van der Waals surface area contributed by atoms with E-state index in [2.05, 4.69) is 9.93 Å². The van der Waals surface area contributed by atoms with Crippen LogP contribution in [0.5, 0.6) is 5.75 Å². The molecule has 3 rings (SSSR count). The van der Waals surface area contributed by atoms with Gasteiger partial charge in [-0.2, -0.15) is 18.4 Å². The molecule has 0 radical (unpaired) electrons. The Balaban J connectivity index is 1.66. The second kappa shape index (κ2) is 9.27. The summed E-state index contributed by atoms with van der Waals surface area (Å²) in [5, 5.41) is 3.75. The van der Waals surface area contributed by atoms with Crippen LogP contribution in [0.1, 0.15) is 23.0 Å². The lowest BCUT2D eigenvalue weighted by Gasteiger charge is -2.04. The maximum absolute atomic E-state index is 12.2. The van der Waals surface area contributed by atoms with Gasteiger partial charge in [-0.05, 0) is 55.5 Å². The Kier molecular flexibility index (Phi) is 6.53. The van der Waals surface area contributed by atoms with Gasteiger partial charge in [-0.15, -0.1) is 0 Å². The highest BCUT2D eigenvalue weighted by Gasteiger charge is 2.13. The van der Waals surface area contributed by atoms with Crippen LogP contribution >= 0.6 is 0 Å². The van der Waals surface area contributed by atoms with Gasteiger partial charge < -0.3 is 13.9 Å². The van der Waals surface area contributed by atoms with E-state index in [0.29, 0.717) is 29.4 Å². The number of rotatable bonds is 8. The molecule has 0 aliphatic heterocycles. The minimum atomic E-state index is -3.81. The summed E-state index contributed by atoms with van der Waals surface area (Å²) in [6.07, 6.45) is 1.26. The number of carbonyl (C=O) groups is 1. The SMILES string of the molecule is CCOC(=O)c1ccc(-c2ccc(/C=N\NS(=O)(=O)c3ccc(OC)cc3)o2)cc1. The van der Waals surface area contributed by atoms with Crippen molar-refractivity contribution in [1.82, 2.24) is 4.83 Å². The van der Waals surface area contributed by atoms with Gasteiger partial charge >= 0.3 is 5.97 Å². The van der Waals surface area contributed by atoms with E-state index in [-0.39, 0.29) is 10.9 Å². The lowest BCUT2D eigenvalue weighted by Crippen LogP contribution is -2.18. The van der Waals surface area contributed by atoms with E-state index in [1.54, 1.807) is 55.5 Å². The molecule has 0 bridgehead atoms. The third-order valence-electron chi connectivity index (χ3n) is 4.04. The lowest BCUT2D eigenvalue weighted by molar-refractivity contribution is 0.0526. The van der Waals surface area contributed by atoms with Crippen LogP contribution in [-0.4, -0.2) is 34.3 Å². The quantitative estimate of drug-likeness (QED) is 0.335. The lowest BCUT2D eigenvalue weighted by atomic mass is 10.1. The standard InChI is InChI=1S/C21H20N2O6S/c1-3-28-21(24)16-6-4-15(5-7-16)20-13-10-18(29-20)14-22-23-30(25,26)19-11-8-17(27-2)9-12-19/h4-14,23H,3H2,1-2H3/b22-14-. The molecule has 0 aliphatic rings. The first-order valence-electron chi connectivity index (χ1n) is 8.99. The molecular formula is C21H20N2O6S. The molecule has 0 atom stereocenters. The van der Waals surface area contributed by atoms with Crippen molar-refractivity contribution >= 4 is 22.2 Å². The molecule has 3 aromatic rings. The Morgan fingerprint density at radius 1 is 1.07 bits per heavy atom. The van der Waals surface area contributed by atoms with E-state index in [1.807, 2.05) is 0 Å². The van der Waals surface area contributed by atoms with Crippen molar-refractivity contribution in [1.29, 1.82) is 0 Å². The number of sulfonamides is 1. The normalized spacial score (nSPS) is 11.4. The first-order chi connectivity index (χ1) is 14.4. The Hall–Kier alpha value is -3.59. The van der Waals surface area contributed by atoms with E-state index in [4.69, 9.17) is 13.9 Å². The zero-order chi connectivity index (χ0) is 21.6. The van der Waals surface area contributed by atoms with Crippen molar-refractivity contribution in [3.8, 4) is 17.1 Å². The summed E-state index contributed by atoms with van der Waals surface area (Å²) in [5.41, 5.74) is 1.20. The van der Waals surface area contributed by atoms with E-state index >= 15 is 0 Å². The molecule has 1 heterocycles. The summed E-state index contributed by atoms with van der Waals surface area (Å²) in [5.74, 6) is 1.07. The van der Waals surface area contributed by atoms with Crippen molar-refractivity contribution in [3.63, 3.8) is 0 Å². The summed E-state index contributed by atoms with van der Waals surface area (Å²) in [4.78, 5) is 13.9. The summed E-state index contributed by atoms with van der Waals surface area (Å²) >= 11 is 0. The largest absolute Gasteiger partial charge is 0.497 e. The van der Waals surface area contributed by atoms with Crippen LogP contribution in [0.3, 0.4) is 0 Å². The molecule has 156 valence electrons. The molecule has 0 fully saturated rings. The number of furan rings is 1. The van der Waals surface area contributed by atoms with Crippen LogP contribution in [0.15, 0.2) is 75.1 Å². The van der Waals surface area contributed by atoms with Gasteiger partial charge in [-0.25, -0.2) is 4.79 Å². The molecule has 0 aliphatic carbocycles. The number of ether oxygens (including phenoxy) is 2. The van der Waals surface area contributed by atoms with Crippen LogP contribution in [-0.2, 0) is 14.8 Å². The number of hydrazone groups is 1. The third-order valence-corrected chi connectivity index (χ3v) is 5.28. The molecule has 1 aromatic heterocycles. The number of methoxy groups -OCH3 is 1. The predicted molar refractivity (Wildman–Crippen MR) is 111 cm³/mol. The fraction of sp³-hybridized carbons (Fsp3) is 0.143. The van der Waals surface area contributed by atoms with Crippen LogP contribution < -0.4 is 9.57 Å². The molecule has 8 nitrogen and oxygen atoms in total. The number of carbonyl (C=O) groups excluding carboxylic acids is 1. The average molecular weight is 428 g/mol. The second-order valence-electron chi connectivity index (χ2n) is 6.03. The van der Waals surface area contributed by atoms with Gasteiger partial charge in [0, 0.05) is 5.56 Å². The average Bonchev–Trinajstić information content (AvgIpc) is 3.23. The highest BCUT2D eigenvalue weighted by atomic mass is 32.2. The van der Waals surface area contributed by atoms with Gasteiger partial charge in [0.2, 0.25) is 0 Å². The predicted octanol–water partition coefficient (Wildman–Crippen LogP) is 3.44. The maximum Gasteiger partial charge on any atom is 0.338 e. The van der Waals surface area contributed by atoms with Crippen molar-refractivity contribution in [2.45, 2.75) is 11.8 Å². The van der Waals surface area contributed by atoms with Gasteiger partial charge in [0.25, 0.3) is 10.0 Å². The summed E-state index contributed by atoms with van der Waals surface area (Å²) in [6, 6.07) is 16.1. The monoisotopic (exact) mass is 428 g/mol. The van der Waals surface area contributed by atoms with Crippen molar-refractivity contribution in [3.05, 3.63) is 72.0 Å². The molecule has 0 unspecified atom stereocenters. The smallest absolute Gasteiger partial charge is 0.338 e. The minimum absolute atomic E-state index is 0.0577. The Labute approximate surface area is 174 Å². The molecule has 1 N–H and O–H groups in total. The summed E-state index contributed by atoms with van der Waals surface area (Å²) < 4.78 is 40.1. The topological polar surface area (TPSA) is 107 Å². The van der Waals surface area contributed by atoms with Gasteiger partial charge in [-0.1, -0.05) is 12.1 Å². The van der Waals surface area contributed by atoms with Crippen molar-refractivity contribution < 1.29 is 27.1 Å². The van der Waals surface area contributed by atoms with E-state index in [1.165, 1.54) is 25.5 Å². The first kappa shape index (κ1) is 21.1. The minimum Gasteiger partial charge on any atom is -0.497 e. The van der Waals surface area contributed by atoms with Gasteiger partial charge in [0.05, 0.1) is 30.4 Å². The first-order valence-corrected chi connectivity index (χ1v) is 10.5. The molecule has 0 saturated carbocycles. The third kappa shape index (κ3) is 5.06. The Bertz CT molecular complexity index is 1130. The summed E-state index contributed by atoms with van der Waals surface area (Å²) in [7, 11) is -2.31. The van der Waals surface area contributed by atoms with Gasteiger partial charge in [0.15, 0.2) is 0 Å². The summed E-state index contributed by atoms with van der Waals surface area (Å²) in [6.45, 7) is 2.05. The van der Waals surface area contributed by atoms with Gasteiger partial charge in [-0.3, -0.25) is 0 Å². The number of benzene rings is 2. The fourth-order valence-corrected chi connectivity index (χ4v) is 3.32. The molecule has 0 spiro atoms. The van der Waals surface area contributed by atoms with Crippen molar-refractivity contribution in [2.24, 2.45) is 5.10 Å². The number of hydrogen-bond acceptors (Lipinski definition) is 7. The number of nitrogens with one attached hydrogen (secondary N) is 1. The van der Waals surface area contributed by atoms with E-state index in [9.17, 15) is 13.2 Å². The molecule has 2 aromatic carbocycles. The molecule has 0 amide bonds. The zero-order valence-electron chi connectivity index (χ0n) is 16.4. The fourth-order valence-electron chi connectivity index (χ4n) is 2.53. The highest BCUT2D eigenvalue weighted by Crippen LogP contribution is 2.22. The number of hydrogen-bond donors (Lipinski definition) is 1. The van der Waals surface area contributed by atoms with E-state index in [0.717, 1.165) is 5.56 Å². The maximum atomic E-state index is 12.2. The zero-order valence-corrected chi connectivity index (χ0v) is 17.2. The van der Waals surface area contributed by atoms with E-state index < -0.39 is 10.0 Å². The van der Waals surface area contributed by atoms with Gasteiger partial charge in [0.1, 0.15) is 17.3 Å². The van der Waals surface area contributed by atoms with Crippen LogP contribution in [0.2, 0.25) is 0 Å². The second-order valence-corrected chi connectivity index (χ2v) is 7.69. The highest BCUT2D eigenvalue weighted by molar-refractivity contribution is 7.89. The molecule has 30 heavy (non-hydrogen) atoms. The Morgan fingerprint density at radius 3 is 2.40 bits per heavy atom.